The summed E-state index contributed by atoms with van der Waals surface area (Å²) < 4.78 is 309. The highest BCUT2D eigenvalue weighted by Gasteiger charge is 2.23. The van der Waals surface area contributed by atoms with E-state index < -0.39 is 130 Å². The fourth-order valence-electron chi connectivity index (χ4n) is 6.33. The molecule has 3 aromatic rings. The summed E-state index contributed by atoms with van der Waals surface area (Å²) in [5.41, 5.74) is 1.39. The first-order valence-corrected chi connectivity index (χ1v) is 57.0. The molecule has 0 fully saturated rings. The van der Waals surface area contributed by atoms with Gasteiger partial charge in [0.2, 0.25) is 0 Å². The number of rotatable bonds is 56. The second-order valence-electron chi connectivity index (χ2n) is 20.4. The molecule has 58 nitrogen and oxygen atoms in total. The number of alkyl halides is 8. The second kappa shape index (κ2) is 100. The van der Waals surface area contributed by atoms with Gasteiger partial charge >= 0.3 is 63.0 Å². The molecule has 0 heterocycles. The highest BCUT2D eigenvalue weighted by Crippen LogP contribution is 2.30. The molecular weight excluding hydrogens is 2660 g/mol. The van der Waals surface area contributed by atoms with Crippen molar-refractivity contribution in [2.75, 3.05) is 88.9 Å². The van der Waals surface area contributed by atoms with E-state index in [0.717, 1.165) is 28.8 Å². The van der Waals surface area contributed by atoms with E-state index in [4.69, 9.17) is 132 Å². The lowest BCUT2D eigenvalue weighted by Crippen LogP contribution is -2.23. The number of hydrogen-bond acceptors (Lipinski definition) is 58. The molecule has 0 saturated heterocycles. The summed E-state index contributed by atoms with van der Waals surface area (Å²) in [6, 6.07) is 13.0. The van der Waals surface area contributed by atoms with Crippen LogP contribution in [0.25, 0.3) is 0 Å². The number of aryl methyl sites for hydroxylation is 3. The van der Waals surface area contributed by atoms with Crippen molar-refractivity contribution in [3.8, 4) is 0 Å². The third kappa shape index (κ3) is 116. The average molecular weight is 2750 g/mol. The quantitative estimate of drug-likeness (QED) is 0.00665. The fraction of sp³-hybridized carbons (Fsp3) is 0.647. The Bertz CT molecular complexity index is 4200. The van der Waals surface area contributed by atoms with Gasteiger partial charge in [-0.2, -0.15) is 50.5 Å². The molecule has 0 saturated carbocycles. The Morgan fingerprint density at radius 1 is 0.326 bits per heavy atom. The van der Waals surface area contributed by atoms with Crippen molar-refractivity contribution < 1.29 is 264 Å². The van der Waals surface area contributed by atoms with Crippen molar-refractivity contribution in [3.05, 3.63) is 71.3 Å². The lowest BCUT2D eigenvalue weighted by atomic mass is 10.1. The molecule has 19 N–H and O–H groups in total. The molecule has 132 heavy (non-hydrogen) atoms. The van der Waals surface area contributed by atoms with Crippen LogP contribution < -0.4 is 0 Å². The number of aliphatic hydroxyl groups is 7. The first kappa shape index (κ1) is 153. The Hall–Kier alpha value is 0.680. The van der Waals surface area contributed by atoms with Gasteiger partial charge in [-0.1, -0.05) is 183 Å². The minimum Gasteiger partial charge on any atom is -0.396 e. The summed E-state index contributed by atoms with van der Waals surface area (Å²) in [5, 5.41) is 130. The maximum absolute atomic E-state index is 11.3. The van der Waals surface area contributed by atoms with Gasteiger partial charge in [0.15, 0.2) is 37.0 Å². The van der Waals surface area contributed by atoms with E-state index in [1.807, 2.05) is 0 Å². The number of halogens is 8. The van der Waals surface area contributed by atoms with Gasteiger partial charge in [-0.3, -0.25) is 39.9 Å². The minimum absolute atomic E-state index is 0. The van der Waals surface area contributed by atoms with Crippen LogP contribution in [0.4, 0.5) is 0 Å². The molecule has 0 spiro atoms. The summed E-state index contributed by atoms with van der Waals surface area (Å²) >= 11 is 27.6. The lowest BCUT2D eigenvalue weighted by Gasteiger charge is -2.13. The van der Waals surface area contributed by atoms with Crippen molar-refractivity contribution in [1.29, 1.82) is 0 Å². The Morgan fingerprint density at radius 3 is 0.833 bits per heavy atom. The molecule has 6 atom stereocenters. The molecule has 0 aromatic heterocycles. The van der Waals surface area contributed by atoms with Crippen molar-refractivity contribution in [3.63, 3.8) is 0 Å². The zero-order valence-electron chi connectivity index (χ0n) is 65.1. The van der Waals surface area contributed by atoms with Gasteiger partial charge in [-0.05, 0) is 124 Å². The predicted octanol–water partition coefficient (Wildman–Crippen LogP) is 7.15. The van der Waals surface area contributed by atoms with Crippen LogP contribution in [-0.4, -0.2) is 309 Å². The Balaban J connectivity index is -0.000000158. The molecule has 6 unspecified atom stereocenters. The molecule has 0 amide bonds. The Labute approximate surface area is 853 Å². The third-order valence-electron chi connectivity index (χ3n) is 11.0. The van der Waals surface area contributed by atoms with Crippen LogP contribution in [0.1, 0.15) is 75.5 Å². The molecule has 0 aliphatic carbocycles. The summed E-state index contributed by atoms with van der Waals surface area (Å²) in [6.07, 6.45) is 1.62. The standard InChI is InChI=1S/C9H11BrO6S2.C9H12O7S2.C8H9BrO6S2.C5H11BrO8S2.C5H11BrO2.C4H9BrO8S2.C4H9BrO2.C3H7BrO8S2.C3H7BrO2.CH4.3O3S/c2*10-5-1-2-7-3-4-8(17-16-15-11)6-9(7)18(12,13)14;9-4-3-6-1-2-7(16-15-14-10)5-8(6)17(11,12)13;6-3-1-2-5(12-16(8,9)10)4-11-15-14-13-7;6-3-1-2-5(8)4-7;5-2-1-4(11-15(7,8)9)3-10-14-13-12-6;5-2-1-4(7)3-6;4-1-3(10-14(6,7)8)2-9-13-12-11-5;4-1-3(6)2-5;;3*1-4(2)3/h3-4,6,11H,1-2,5H2,(H,12,13,14);3-4,6,10-11H,1-2,5H2,(H,12,13,14);1-2,5,10H,3-4H2,(H,11,12,13);5,7H,1-4H2,(H,8,9,10);5,7-8H,1-4H2;4,6H,1-3H2,(H,7,8,9);4,6-7H,1-3H2;3,5H,1-2H2,(H,6,7,8);3,5-6H,1-2H2;1H4;;;. The minimum atomic E-state index is -4.52. The van der Waals surface area contributed by atoms with E-state index in [-0.39, 0.29) is 98.3 Å². The Morgan fingerprint density at radius 2 is 0.598 bits per heavy atom. The van der Waals surface area contributed by atoms with E-state index in [1.54, 1.807) is 24.3 Å². The number of benzene rings is 3. The summed E-state index contributed by atoms with van der Waals surface area (Å²) in [7, 11) is -35.9. The van der Waals surface area contributed by atoms with E-state index in [2.05, 4.69) is 209 Å². The maximum Gasteiger partial charge on any atom is 0.425 e. The predicted molar refractivity (Wildman–Crippen MR) is 486 cm³/mol. The molecule has 0 aliphatic rings. The van der Waals surface area contributed by atoms with Crippen LogP contribution in [-0.2, 0) is 194 Å². The van der Waals surface area contributed by atoms with Gasteiger partial charge in [0.05, 0.1) is 109 Å². The SMILES string of the molecule is C.O=S(=O)(O)OC(CBr)COSOOO.O=S(=O)(O)OC(CCBr)COSOOO.O=S(=O)(O)OC(CCCBr)COSOOO.O=S(=O)(O)c1cc(SOOO)ccc1CCBr.O=S(=O)(O)c1cc(SOOO)ccc1CCCBr.O=S(=O)(O)c1cc(SOOO)ccc1CCCO.O=S(=O)=O.O=S(=O)=O.O=S(=O)=O.OCC(O)CBr.OCC(O)CCBr.OCC(O)CCCBr. The number of hydrogen-bond donors (Lipinski definition) is 19. The van der Waals surface area contributed by atoms with Gasteiger partial charge in [0, 0.05) is 63.9 Å². The van der Waals surface area contributed by atoms with Crippen LogP contribution in [0.3, 0.4) is 0 Å². The monoisotopic (exact) mass is 2740 g/mol. The second-order valence-corrected chi connectivity index (χ2v) is 38.9. The van der Waals surface area contributed by atoms with Gasteiger partial charge in [0.25, 0.3) is 30.4 Å². The molecule has 3 aromatic carbocycles. The van der Waals surface area contributed by atoms with Gasteiger partial charge in [-0.25, -0.2) is 44.1 Å². The highest BCUT2D eigenvalue weighted by molar-refractivity contribution is 9.10. The van der Waals surface area contributed by atoms with Gasteiger partial charge < -0.3 is 35.7 Å². The smallest absolute Gasteiger partial charge is 0.396 e. The first-order valence-electron chi connectivity index (χ1n) is 32.3. The molecule has 0 radical (unpaired) electrons. The Kier molecular flexibility index (Phi) is 116. The van der Waals surface area contributed by atoms with Crippen LogP contribution in [0.2, 0.25) is 0 Å². The lowest BCUT2D eigenvalue weighted by molar-refractivity contribution is -0.434. The van der Waals surface area contributed by atoms with Crippen LogP contribution in [0, 0.1) is 0 Å². The summed E-state index contributed by atoms with van der Waals surface area (Å²) in [6.45, 7) is -1.05. The fourth-order valence-corrected chi connectivity index (χ4v) is 15.4. The van der Waals surface area contributed by atoms with E-state index in [0.29, 0.717) is 159 Å². The van der Waals surface area contributed by atoms with Crippen molar-refractivity contribution in [2.45, 2.75) is 144 Å². The van der Waals surface area contributed by atoms with Crippen LogP contribution >= 0.6 is 201 Å². The largest absolute Gasteiger partial charge is 0.425 e. The van der Waals surface area contributed by atoms with Crippen molar-refractivity contribution in [2.24, 2.45) is 0 Å². The summed E-state index contributed by atoms with van der Waals surface area (Å²) in [5.74, 6) is 0. The van der Waals surface area contributed by atoms with Crippen molar-refractivity contribution in [1.82, 2.24) is 0 Å². The normalized spacial score (nSPS) is 12.3. The number of aliphatic hydroxyl groups excluding tert-OH is 7. The maximum atomic E-state index is 11.3. The first-order chi connectivity index (χ1) is 61.1. The molecule has 3 rings (SSSR count). The van der Waals surface area contributed by atoms with Gasteiger partial charge in [-0.15, -0.1) is 63.9 Å². The summed E-state index contributed by atoms with van der Waals surface area (Å²) in [4.78, 5) is 0.439. The molecule has 0 aliphatic heterocycles. The molecule has 81 heteroatoms. The van der Waals surface area contributed by atoms with Crippen molar-refractivity contribution >= 4 is 294 Å². The highest BCUT2D eigenvalue weighted by atomic mass is 79.9. The van der Waals surface area contributed by atoms with E-state index in [1.165, 1.54) is 30.3 Å². The third-order valence-corrected chi connectivity index (χ3v) is 22.6. The van der Waals surface area contributed by atoms with Crippen LogP contribution in [0.5, 0.6) is 0 Å². The molecule has 788 valence electrons. The molecule has 0 bridgehead atoms. The average Bonchev–Trinajstić information content (AvgIpc) is 0.828. The van der Waals surface area contributed by atoms with E-state index in [9.17, 15) is 50.5 Å². The van der Waals surface area contributed by atoms with E-state index >= 15 is 0 Å². The zero-order valence-corrected chi connectivity index (χ0v) is 90.0. The molecular formula is C51H90Br8O58S15. The van der Waals surface area contributed by atoms with Crippen LogP contribution in [0.15, 0.2) is 84.0 Å². The van der Waals surface area contributed by atoms with Gasteiger partial charge in [0.1, 0.15) is 18.3 Å². The zero-order chi connectivity index (χ0) is 103. The topological polar surface area (TPSA) is 909 Å².